The van der Waals surface area contributed by atoms with Crippen LogP contribution >= 0.6 is 0 Å². The van der Waals surface area contributed by atoms with Gasteiger partial charge in [-0.2, -0.15) is 10.5 Å². The SMILES string of the molecule is CCCCn1c(OC)c(N=Nc2cc([N+](=O)[O-])ccc2OC(=O)Oc2c(N=Nc3cc([N+](=O)[O-])ccc3OC)c(C)c(C#N)c(=O)n2CCCC)c(C)c(C#N)c1=O. The van der Waals surface area contributed by atoms with E-state index in [1.54, 1.807) is 0 Å². The number of nitro groups is 2. The second-order valence-corrected chi connectivity index (χ2v) is 12.2. The van der Waals surface area contributed by atoms with Crippen LogP contribution in [-0.2, 0) is 13.1 Å². The molecule has 0 aliphatic carbocycles. The van der Waals surface area contributed by atoms with Gasteiger partial charge in [0.15, 0.2) is 17.1 Å². The Morgan fingerprint density at radius 2 is 1.16 bits per heavy atom. The van der Waals surface area contributed by atoms with Crippen molar-refractivity contribution in [1.82, 2.24) is 9.13 Å². The maximum atomic E-state index is 13.6. The van der Waals surface area contributed by atoms with E-state index in [0.29, 0.717) is 25.7 Å². The Morgan fingerprint density at radius 3 is 1.59 bits per heavy atom. The summed E-state index contributed by atoms with van der Waals surface area (Å²) in [6.45, 7) is 6.67. The van der Waals surface area contributed by atoms with E-state index in [1.807, 2.05) is 26.0 Å². The van der Waals surface area contributed by atoms with Crippen molar-refractivity contribution in [3.05, 3.63) is 99.6 Å². The molecule has 0 bridgehead atoms. The summed E-state index contributed by atoms with van der Waals surface area (Å²) in [5, 5.41) is 59.4. The highest BCUT2D eigenvalue weighted by atomic mass is 16.7. The van der Waals surface area contributed by atoms with Gasteiger partial charge in [0.05, 0.1) is 24.1 Å². The molecule has 2 aromatic heterocycles. The number of unbranched alkanes of at least 4 members (excludes halogenated alkanes) is 2. The molecule has 300 valence electrons. The topological polar surface area (TPSA) is 281 Å². The molecule has 0 saturated carbocycles. The van der Waals surface area contributed by atoms with E-state index >= 15 is 0 Å². The van der Waals surface area contributed by atoms with Crippen LogP contribution in [0.25, 0.3) is 0 Å². The molecule has 58 heavy (non-hydrogen) atoms. The minimum absolute atomic E-state index is 0.0309. The number of benzene rings is 2. The molecule has 0 radical (unpaired) electrons. The average molecular weight is 797 g/mol. The minimum atomic E-state index is -1.49. The van der Waals surface area contributed by atoms with E-state index < -0.39 is 44.4 Å². The smallest absolute Gasteiger partial charge is 0.494 e. The van der Waals surface area contributed by atoms with Crippen LogP contribution in [0.3, 0.4) is 0 Å². The van der Waals surface area contributed by atoms with E-state index in [-0.39, 0.29) is 75.4 Å². The molecule has 0 unspecified atom stereocenters. The van der Waals surface area contributed by atoms with Crippen LogP contribution in [0.5, 0.6) is 23.3 Å². The van der Waals surface area contributed by atoms with E-state index in [1.165, 1.54) is 44.8 Å². The molecule has 0 amide bonds. The van der Waals surface area contributed by atoms with Crippen molar-refractivity contribution in [1.29, 1.82) is 10.5 Å². The lowest BCUT2D eigenvalue weighted by atomic mass is 10.1. The third kappa shape index (κ3) is 9.17. The Hall–Kier alpha value is -7.81. The van der Waals surface area contributed by atoms with Crippen LogP contribution in [0.2, 0.25) is 0 Å². The number of rotatable bonds is 16. The lowest BCUT2D eigenvalue weighted by molar-refractivity contribution is -0.385. The van der Waals surface area contributed by atoms with Gasteiger partial charge in [-0.25, -0.2) is 4.79 Å². The fourth-order valence-electron chi connectivity index (χ4n) is 5.49. The van der Waals surface area contributed by atoms with Gasteiger partial charge in [-0.1, -0.05) is 26.7 Å². The summed E-state index contributed by atoms with van der Waals surface area (Å²) in [4.78, 5) is 62.1. The first kappa shape index (κ1) is 42.9. The number of methoxy groups -OCH3 is 2. The summed E-state index contributed by atoms with van der Waals surface area (Å²) in [7, 11) is 2.59. The number of azo groups is 2. The number of aromatic nitrogens is 2. The summed E-state index contributed by atoms with van der Waals surface area (Å²) in [6.07, 6.45) is 0.728. The van der Waals surface area contributed by atoms with Gasteiger partial charge in [-0.05, 0) is 38.8 Å². The molecular formula is C37H36N10O11. The number of hydrogen-bond acceptors (Lipinski definition) is 17. The largest absolute Gasteiger partial charge is 0.520 e. The Balaban J connectivity index is 1.87. The summed E-state index contributed by atoms with van der Waals surface area (Å²) in [6, 6.07) is 10.3. The van der Waals surface area contributed by atoms with Crippen molar-refractivity contribution in [3.8, 4) is 35.4 Å². The first-order valence-electron chi connectivity index (χ1n) is 17.5. The zero-order valence-corrected chi connectivity index (χ0v) is 32.2. The molecule has 4 rings (SSSR count). The summed E-state index contributed by atoms with van der Waals surface area (Å²) in [5.41, 5.74) is -3.56. The molecule has 21 heteroatoms. The van der Waals surface area contributed by atoms with Crippen molar-refractivity contribution < 1.29 is 33.6 Å². The number of carbonyl (C=O) groups is 1. The first-order valence-corrected chi connectivity index (χ1v) is 17.5. The summed E-state index contributed by atoms with van der Waals surface area (Å²) >= 11 is 0. The van der Waals surface area contributed by atoms with Crippen molar-refractivity contribution in [2.45, 2.75) is 66.5 Å². The molecule has 2 heterocycles. The van der Waals surface area contributed by atoms with Gasteiger partial charge in [-0.3, -0.25) is 39.0 Å². The van der Waals surface area contributed by atoms with Gasteiger partial charge in [0.2, 0.25) is 11.8 Å². The Bertz CT molecular complexity index is 2550. The Kier molecular flexibility index (Phi) is 14.2. The van der Waals surface area contributed by atoms with E-state index in [2.05, 4.69) is 20.5 Å². The third-order valence-electron chi connectivity index (χ3n) is 8.58. The van der Waals surface area contributed by atoms with E-state index in [0.717, 1.165) is 28.8 Å². The predicted molar refractivity (Wildman–Crippen MR) is 204 cm³/mol. The van der Waals surface area contributed by atoms with Crippen molar-refractivity contribution in [3.63, 3.8) is 0 Å². The second-order valence-electron chi connectivity index (χ2n) is 12.2. The predicted octanol–water partition coefficient (Wildman–Crippen LogP) is 8.21. The number of pyridine rings is 2. The maximum Gasteiger partial charge on any atom is 0.520 e. The van der Waals surface area contributed by atoms with Gasteiger partial charge in [0.25, 0.3) is 22.5 Å². The molecule has 0 spiro atoms. The van der Waals surface area contributed by atoms with Gasteiger partial charge >= 0.3 is 6.16 Å². The highest BCUT2D eigenvalue weighted by Crippen LogP contribution is 2.39. The van der Waals surface area contributed by atoms with E-state index in [4.69, 9.17) is 18.9 Å². The number of hydrogen-bond donors (Lipinski definition) is 0. The monoisotopic (exact) mass is 796 g/mol. The molecule has 0 aliphatic heterocycles. The Labute approximate surface area is 329 Å². The molecule has 0 atom stereocenters. The van der Waals surface area contributed by atoms with Gasteiger partial charge in [-0.15, -0.1) is 20.5 Å². The van der Waals surface area contributed by atoms with Crippen LogP contribution < -0.4 is 30.1 Å². The number of nitriles is 2. The zero-order chi connectivity index (χ0) is 42.7. The van der Waals surface area contributed by atoms with Crippen LogP contribution in [0.15, 0.2) is 66.4 Å². The average Bonchev–Trinajstić information content (AvgIpc) is 3.20. The first-order chi connectivity index (χ1) is 27.8. The van der Waals surface area contributed by atoms with Crippen molar-refractivity contribution in [2.75, 3.05) is 14.2 Å². The van der Waals surface area contributed by atoms with Gasteiger partial charge in [0.1, 0.15) is 40.4 Å². The normalized spacial score (nSPS) is 11.0. The van der Waals surface area contributed by atoms with Gasteiger partial charge < -0.3 is 18.9 Å². The lowest BCUT2D eigenvalue weighted by Gasteiger charge is -2.17. The van der Waals surface area contributed by atoms with Crippen LogP contribution in [0, 0.1) is 56.7 Å². The Morgan fingerprint density at radius 1 is 0.707 bits per heavy atom. The van der Waals surface area contributed by atoms with Crippen LogP contribution in [-0.4, -0.2) is 39.4 Å². The molecule has 21 nitrogen and oxygen atoms in total. The zero-order valence-electron chi connectivity index (χ0n) is 32.2. The number of non-ortho nitro benzene ring substituents is 2. The molecular weight excluding hydrogens is 760 g/mol. The summed E-state index contributed by atoms with van der Waals surface area (Å²) < 4.78 is 24.0. The van der Waals surface area contributed by atoms with Crippen molar-refractivity contribution >= 4 is 40.3 Å². The molecule has 0 saturated heterocycles. The molecule has 0 fully saturated rings. The lowest BCUT2D eigenvalue weighted by Crippen LogP contribution is -2.28. The van der Waals surface area contributed by atoms with Crippen LogP contribution in [0.4, 0.5) is 38.9 Å². The third-order valence-corrected chi connectivity index (χ3v) is 8.58. The number of ether oxygens (including phenoxy) is 4. The number of carbonyl (C=O) groups excluding carboxylic acids is 1. The fourth-order valence-corrected chi connectivity index (χ4v) is 5.49. The molecule has 0 aliphatic rings. The highest BCUT2D eigenvalue weighted by Gasteiger charge is 2.26. The standard InChI is InChI=1S/C37H36N10O11/c1-7-9-15-44-33(48)25(19-38)21(3)31(35(44)56-6)42-41-28-18-24(47(53)54)12-14-30(28)57-37(50)58-36-32(22(4)26(20-39)34(49)45(36)16-10-8-2)43-40-27-17-23(46(51)52)11-13-29(27)55-5/h11-14,17-18H,7-10,15-16H2,1-6H3. The highest BCUT2D eigenvalue weighted by molar-refractivity contribution is 5.73. The number of nitrogens with zero attached hydrogens (tertiary/aromatic N) is 10. The quantitative estimate of drug-likeness (QED) is 0.0340. The second kappa shape index (κ2) is 19.2. The number of nitro benzene ring substituents is 2. The minimum Gasteiger partial charge on any atom is -0.494 e. The fraction of sp³-hybridized carbons (Fsp3) is 0.324. The van der Waals surface area contributed by atoms with E-state index in [9.17, 15) is 45.1 Å². The molecule has 0 N–H and O–H groups in total. The van der Waals surface area contributed by atoms with Crippen molar-refractivity contribution in [2.24, 2.45) is 20.5 Å². The molecule has 2 aromatic carbocycles. The van der Waals surface area contributed by atoms with Gasteiger partial charge in [0, 0.05) is 48.5 Å². The maximum absolute atomic E-state index is 13.6. The molecule has 4 aromatic rings. The summed E-state index contributed by atoms with van der Waals surface area (Å²) in [5.74, 6) is -0.855. The van der Waals surface area contributed by atoms with Crippen LogP contribution in [0.1, 0.15) is 61.8 Å².